The Labute approximate surface area is 169 Å². The third kappa shape index (κ3) is 6.74. The molecule has 1 aliphatic heterocycles. The van der Waals surface area contributed by atoms with E-state index in [0.717, 1.165) is 31.3 Å². The Kier molecular flexibility index (Phi) is 9.19. The van der Waals surface area contributed by atoms with Gasteiger partial charge in [0.05, 0.1) is 19.3 Å². The Hall–Kier alpha value is -1.66. The molecule has 0 bridgehead atoms. The molecule has 1 fully saturated rings. The van der Waals surface area contributed by atoms with E-state index in [1.165, 1.54) is 0 Å². The minimum Gasteiger partial charge on any atom is -0.384 e. The molecule has 0 saturated carbocycles. The van der Waals surface area contributed by atoms with Crippen LogP contribution in [0.3, 0.4) is 0 Å². The van der Waals surface area contributed by atoms with Crippen molar-refractivity contribution in [2.75, 3.05) is 33.4 Å². The SMILES string of the molecule is COCC1CCCN(C(=O)C(NC(=O)C(C)C)C(C)OCC2=CCCC=C2)C1. The van der Waals surface area contributed by atoms with Crippen molar-refractivity contribution in [1.82, 2.24) is 10.2 Å². The van der Waals surface area contributed by atoms with Crippen LogP contribution in [0, 0.1) is 11.8 Å². The van der Waals surface area contributed by atoms with Gasteiger partial charge in [-0.1, -0.05) is 32.1 Å². The summed E-state index contributed by atoms with van der Waals surface area (Å²) >= 11 is 0. The van der Waals surface area contributed by atoms with Crippen molar-refractivity contribution in [3.8, 4) is 0 Å². The number of hydrogen-bond acceptors (Lipinski definition) is 4. The average Bonchev–Trinajstić information content (AvgIpc) is 2.70. The molecule has 2 aliphatic rings. The smallest absolute Gasteiger partial charge is 0.247 e. The topological polar surface area (TPSA) is 67.9 Å². The van der Waals surface area contributed by atoms with Gasteiger partial charge < -0.3 is 19.7 Å². The van der Waals surface area contributed by atoms with Gasteiger partial charge in [-0.3, -0.25) is 9.59 Å². The number of hydrogen-bond donors (Lipinski definition) is 1. The second kappa shape index (κ2) is 11.4. The number of piperidine rings is 1. The fourth-order valence-corrected chi connectivity index (χ4v) is 3.63. The molecule has 3 atom stereocenters. The van der Waals surface area contributed by atoms with E-state index in [1.54, 1.807) is 7.11 Å². The van der Waals surface area contributed by atoms with Crippen LogP contribution in [0.25, 0.3) is 0 Å². The van der Waals surface area contributed by atoms with Crippen molar-refractivity contribution in [3.63, 3.8) is 0 Å². The summed E-state index contributed by atoms with van der Waals surface area (Å²) < 4.78 is 11.3. The van der Waals surface area contributed by atoms with Crippen molar-refractivity contribution < 1.29 is 19.1 Å². The first kappa shape index (κ1) is 22.6. The Bertz CT molecular complexity index is 583. The van der Waals surface area contributed by atoms with Crippen LogP contribution < -0.4 is 5.32 Å². The quantitative estimate of drug-likeness (QED) is 0.655. The summed E-state index contributed by atoms with van der Waals surface area (Å²) in [6.07, 6.45) is 10.1. The number of methoxy groups -OCH3 is 1. The molecule has 2 amide bonds. The molecule has 28 heavy (non-hydrogen) atoms. The fraction of sp³-hybridized carbons (Fsp3) is 0.727. The number of nitrogens with zero attached hydrogens (tertiary/aromatic N) is 1. The van der Waals surface area contributed by atoms with Crippen molar-refractivity contribution in [3.05, 3.63) is 23.8 Å². The van der Waals surface area contributed by atoms with Crippen molar-refractivity contribution in [2.24, 2.45) is 11.8 Å². The minimum absolute atomic E-state index is 0.0598. The molecule has 0 aromatic heterocycles. The van der Waals surface area contributed by atoms with Crippen molar-refractivity contribution >= 4 is 11.8 Å². The van der Waals surface area contributed by atoms with Crippen molar-refractivity contribution in [2.45, 2.75) is 58.6 Å². The number of carbonyl (C=O) groups is 2. The zero-order valence-corrected chi connectivity index (χ0v) is 17.8. The Morgan fingerprint density at radius 2 is 2.07 bits per heavy atom. The van der Waals surface area contributed by atoms with E-state index in [4.69, 9.17) is 9.47 Å². The Morgan fingerprint density at radius 1 is 1.29 bits per heavy atom. The maximum Gasteiger partial charge on any atom is 0.247 e. The van der Waals surface area contributed by atoms with Gasteiger partial charge >= 0.3 is 0 Å². The van der Waals surface area contributed by atoms with Gasteiger partial charge in [-0.05, 0) is 44.1 Å². The molecule has 0 aromatic rings. The molecule has 6 heteroatoms. The standard InChI is InChI=1S/C22H36N2O4/c1-16(2)21(25)23-20(17(3)28-15-18-9-6-5-7-10-18)22(26)24-12-8-11-19(13-24)14-27-4/h6,9-10,16-17,19-20H,5,7-8,11-15H2,1-4H3,(H,23,25). The first-order valence-corrected chi connectivity index (χ1v) is 10.5. The van der Waals surface area contributed by atoms with Crippen molar-refractivity contribution in [1.29, 1.82) is 0 Å². The third-order valence-corrected chi connectivity index (χ3v) is 5.38. The Morgan fingerprint density at radius 3 is 2.71 bits per heavy atom. The minimum atomic E-state index is -0.677. The number of ether oxygens (including phenoxy) is 2. The van der Waals surface area contributed by atoms with Gasteiger partial charge in [0.25, 0.3) is 0 Å². The number of rotatable bonds is 9. The van der Waals surface area contributed by atoms with E-state index >= 15 is 0 Å². The van der Waals surface area contributed by atoms with Crippen LogP contribution in [-0.4, -0.2) is 62.3 Å². The highest BCUT2D eigenvalue weighted by molar-refractivity contribution is 5.88. The molecule has 1 aliphatic carbocycles. The number of nitrogens with one attached hydrogen (secondary N) is 1. The lowest BCUT2D eigenvalue weighted by molar-refractivity contribution is -0.143. The zero-order valence-electron chi connectivity index (χ0n) is 17.8. The molecular formula is C22H36N2O4. The maximum absolute atomic E-state index is 13.3. The fourth-order valence-electron chi connectivity index (χ4n) is 3.63. The third-order valence-electron chi connectivity index (χ3n) is 5.38. The highest BCUT2D eigenvalue weighted by Crippen LogP contribution is 2.19. The van der Waals surface area contributed by atoms with E-state index in [9.17, 15) is 9.59 Å². The van der Waals surface area contributed by atoms with Gasteiger partial charge in [-0.2, -0.15) is 0 Å². The summed E-state index contributed by atoms with van der Waals surface area (Å²) in [6, 6.07) is -0.677. The summed E-state index contributed by atoms with van der Waals surface area (Å²) in [5, 5.41) is 2.92. The summed E-state index contributed by atoms with van der Waals surface area (Å²) in [7, 11) is 1.69. The van der Waals surface area contributed by atoms with Gasteiger partial charge in [0.2, 0.25) is 11.8 Å². The van der Waals surface area contributed by atoms with Crippen LogP contribution in [0.4, 0.5) is 0 Å². The zero-order chi connectivity index (χ0) is 20.5. The van der Waals surface area contributed by atoms with Crippen LogP contribution in [0.15, 0.2) is 23.8 Å². The number of likely N-dealkylation sites (tertiary alicyclic amines) is 1. The molecule has 1 saturated heterocycles. The van der Waals surface area contributed by atoms with Crippen LogP contribution in [0.1, 0.15) is 46.5 Å². The lowest BCUT2D eigenvalue weighted by Crippen LogP contribution is -2.57. The summed E-state index contributed by atoms with van der Waals surface area (Å²) in [6.45, 7) is 8.01. The lowest BCUT2D eigenvalue weighted by atomic mass is 9.97. The number of amides is 2. The van der Waals surface area contributed by atoms with Crippen LogP contribution in [0.5, 0.6) is 0 Å². The molecule has 2 rings (SSSR count). The Balaban J connectivity index is 2.04. The second-order valence-corrected chi connectivity index (χ2v) is 8.16. The molecule has 158 valence electrons. The summed E-state index contributed by atoms with van der Waals surface area (Å²) in [4.78, 5) is 27.5. The molecule has 1 N–H and O–H groups in total. The molecular weight excluding hydrogens is 356 g/mol. The summed E-state index contributed by atoms with van der Waals surface area (Å²) in [5.74, 6) is -0.0292. The normalized spacial score (nSPS) is 22.0. The first-order valence-electron chi connectivity index (χ1n) is 10.5. The van der Waals surface area contributed by atoms with Gasteiger partial charge in [-0.15, -0.1) is 0 Å². The highest BCUT2D eigenvalue weighted by atomic mass is 16.5. The molecule has 6 nitrogen and oxygen atoms in total. The van der Waals surface area contributed by atoms with E-state index in [2.05, 4.69) is 23.5 Å². The van der Waals surface area contributed by atoms with E-state index in [1.807, 2.05) is 25.7 Å². The molecule has 1 heterocycles. The van der Waals surface area contributed by atoms with Gasteiger partial charge in [-0.25, -0.2) is 0 Å². The van der Waals surface area contributed by atoms with Gasteiger partial charge in [0, 0.05) is 26.1 Å². The number of allylic oxidation sites excluding steroid dienone is 2. The van der Waals surface area contributed by atoms with E-state index in [0.29, 0.717) is 32.2 Å². The highest BCUT2D eigenvalue weighted by Gasteiger charge is 2.34. The average molecular weight is 393 g/mol. The lowest BCUT2D eigenvalue weighted by Gasteiger charge is -2.36. The van der Waals surface area contributed by atoms with Crippen LogP contribution >= 0.6 is 0 Å². The largest absolute Gasteiger partial charge is 0.384 e. The maximum atomic E-state index is 13.3. The molecule has 0 spiro atoms. The summed E-state index contributed by atoms with van der Waals surface area (Å²) in [5.41, 5.74) is 1.12. The predicted octanol–water partition coefficient (Wildman–Crippen LogP) is 2.69. The van der Waals surface area contributed by atoms with E-state index in [-0.39, 0.29) is 17.7 Å². The second-order valence-electron chi connectivity index (χ2n) is 8.16. The molecule has 0 radical (unpaired) electrons. The van der Waals surface area contributed by atoms with Crippen LogP contribution in [0.2, 0.25) is 0 Å². The van der Waals surface area contributed by atoms with Gasteiger partial charge in [0.15, 0.2) is 0 Å². The van der Waals surface area contributed by atoms with Crippen LogP contribution in [-0.2, 0) is 19.1 Å². The predicted molar refractivity (Wildman–Crippen MR) is 110 cm³/mol. The van der Waals surface area contributed by atoms with E-state index < -0.39 is 12.1 Å². The molecule has 3 unspecified atom stereocenters. The first-order chi connectivity index (χ1) is 13.4. The number of carbonyl (C=O) groups excluding carboxylic acids is 2. The monoisotopic (exact) mass is 392 g/mol. The van der Waals surface area contributed by atoms with Gasteiger partial charge in [0.1, 0.15) is 6.04 Å². The molecule has 0 aromatic carbocycles.